The lowest BCUT2D eigenvalue weighted by atomic mass is 10.1. The molecule has 0 bridgehead atoms. The van der Waals surface area contributed by atoms with Gasteiger partial charge in [0.15, 0.2) is 0 Å². The number of aromatic nitrogens is 1. The molecule has 0 aliphatic carbocycles. The summed E-state index contributed by atoms with van der Waals surface area (Å²) in [6.07, 6.45) is 2.62. The number of nitrogens with zero attached hydrogens (tertiary/aromatic N) is 3. The van der Waals surface area contributed by atoms with Gasteiger partial charge in [0.2, 0.25) is 5.91 Å². The third kappa shape index (κ3) is 4.49. The first-order valence-corrected chi connectivity index (χ1v) is 11.5. The van der Waals surface area contributed by atoms with Crippen molar-refractivity contribution in [2.24, 2.45) is 0 Å². The molecule has 3 aromatic rings. The Bertz CT molecular complexity index is 1190. The summed E-state index contributed by atoms with van der Waals surface area (Å²) in [5, 5.41) is 6.85. The molecule has 1 amide bonds. The molecule has 34 heavy (non-hydrogen) atoms. The van der Waals surface area contributed by atoms with E-state index in [-0.39, 0.29) is 5.91 Å². The van der Waals surface area contributed by atoms with Crippen LogP contribution in [0.2, 0.25) is 0 Å². The summed E-state index contributed by atoms with van der Waals surface area (Å²) in [5.74, 6) is 1.50. The van der Waals surface area contributed by atoms with E-state index in [2.05, 4.69) is 32.7 Å². The van der Waals surface area contributed by atoms with Crippen LogP contribution in [-0.2, 0) is 16.0 Å². The molecule has 0 radical (unpaired) electrons. The van der Waals surface area contributed by atoms with Gasteiger partial charge in [0.1, 0.15) is 11.6 Å². The number of morpholine rings is 1. The van der Waals surface area contributed by atoms with Crippen molar-refractivity contribution >= 4 is 40.2 Å². The van der Waals surface area contributed by atoms with Gasteiger partial charge in [-0.2, -0.15) is 0 Å². The van der Waals surface area contributed by atoms with Gasteiger partial charge in [-0.15, -0.1) is 0 Å². The van der Waals surface area contributed by atoms with E-state index in [1.54, 1.807) is 20.2 Å². The van der Waals surface area contributed by atoms with Gasteiger partial charge in [-0.1, -0.05) is 12.1 Å². The molecule has 1 aromatic heterocycles. The number of pyridine rings is 1. The van der Waals surface area contributed by atoms with Crippen LogP contribution < -0.4 is 25.2 Å². The van der Waals surface area contributed by atoms with E-state index in [9.17, 15) is 4.79 Å². The summed E-state index contributed by atoms with van der Waals surface area (Å²) in [4.78, 5) is 20.7. The second kappa shape index (κ2) is 9.61. The average Bonchev–Trinajstić information content (AvgIpc) is 3.31. The molecule has 1 saturated heterocycles. The van der Waals surface area contributed by atoms with Crippen molar-refractivity contribution < 1.29 is 14.3 Å². The van der Waals surface area contributed by atoms with Crippen LogP contribution >= 0.6 is 0 Å². The maximum Gasteiger partial charge on any atom is 0.223 e. The smallest absolute Gasteiger partial charge is 0.223 e. The van der Waals surface area contributed by atoms with Crippen molar-refractivity contribution in [1.29, 1.82) is 0 Å². The summed E-state index contributed by atoms with van der Waals surface area (Å²) < 4.78 is 11.1. The number of methoxy groups -OCH3 is 1. The second-order valence-corrected chi connectivity index (χ2v) is 8.40. The Kier molecular flexibility index (Phi) is 6.22. The Hall–Kier alpha value is -3.78. The molecule has 176 valence electrons. The van der Waals surface area contributed by atoms with Crippen LogP contribution in [0, 0.1) is 0 Å². The molecule has 2 N–H and O–H groups in total. The zero-order chi connectivity index (χ0) is 23.5. The lowest BCUT2D eigenvalue weighted by Gasteiger charge is -2.29. The van der Waals surface area contributed by atoms with E-state index >= 15 is 0 Å². The van der Waals surface area contributed by atoms with Crippen molar-refractivity contribution in [3.05, 3.63) is 60.3 Å². The van der Waals surface area contributed by atoms with Crippen molar-refractivity contribution in [3.63, 3.8) is 0 Å². The highest BCUT2D eigenvalue weighted by Crippen LogP contribution is 2.38. The lowest BCUT2D eigenvalue weighted by molar-refractivity contribution is -0.116. The lowest BCUT2D eigenvalue weighted by Crippen LogP contribution is -2.36. The number of para-hydroxylation sites is 1. The molecule has 2 aliphatic rings. The van der Waals surface area contributed by atoms with Gasteiger partial charge in [-0.05, 0) is 36.2 Å². The summed E-state index contributed by atoms with van der Waals surface area (Å²) in [6.45, 7) is 5.54. The molecule has 2 aliphatic heterocycles. The van der Waals surface area contributed by atoms with Gasteiger partial charge in [-0.3, -0.25) is 4.79 Å². The molecule has 8 nitrogen and oxygen atoms in total. The number of hydrogen-bond acceptors (Lipinski definition) is 7. The fourth-order valence-electron chi connectivity index (χ4n) is 4.54. The molecular weight excluding hydrogens is 430 g/mol. The predicted octanol–water partition coefficient (Wildman–Crippen LogP) is 4.32. The van der Waals surface area contributed by atoms with Crippen LogP contribution in [0.4, 0.5) is 34.3 Å². The standard InChI is InChI=1S/C26H29N5O3/c1-18(32)31-11-9-19-4-3-5-23(26(19)31)28-20-8-10-27-25(16-20)29-22-7-6-21(17-24(22)33-2)30-12-14-34-15-13-30/h3-8,10,16-17H,9,11-15H2,1-2H3,(H2,27,28,29). The van der Waals surface area contributed by atoms with E-state index in [0.717, 1.165) is 66.9 Å². The van der Waals surface area contributed by atoms with Crippen LogP contribution in [0.15, 0.2) is 54.7 Å². The Balaban J connectivity index is 1.36. The van der Waals surface area contributed by atoms with Crippen LogP contribution in [0.3, 0.4) is 0 Å². The topological polar surface area (TPSA) is 79.0 Å². The summed E-state index contributed by atoms with van der Waals surface area (Å²) in [7, 11) is 1.67. The Morgan fingerprint density at radius 3 is 2.68 bits per heavy atom. The predicted molar refractivity (Wildman–Crippen MR) is 135 cm³/mol. The minimum Gasteiger partial charge on any atom is -0.494 e. The molecule has 1 fully saturated rings. The highest BCUT2D eigenvalue weighted by atomic mass is 16.5. The highest BCUT2D eigenvalue weighted by Gasteiger charge is 2.25. The number of nitrogens with one attached hydrogen (secondary N) is 2. The largest absolute Gasteiger partial charge is 0.494 e. The Labute approximate surface area is 199 Å². The number of hydrogen-bond donors (Lipinski definition) is 2. The number of fused-ring (bicyclic) bond motifs is 1. The maximum atomic E-state index is 12.1. The van der Waals surface area contributed by atoms with E-state index < -0.39 is 0 Å². The summed E-state index contributed by atoms with van der Waals surface area (Å²) in [6, 6.07) is 16.1. The molecular formula is C26H29N5O3. The number of carbonyl (C=O) groups excluding carboxylic acids is 1. The van der Waals surface area contributed by atoms with Gasteiger partial charge < -0.3 is 29.9 Å². The van der Waals surface area contributed by atoms with E-state index in [1.807, 2.05) is 41.3 Å². The van der Waals surface area contributed by atoms with Crippen molar-refractivity contribution in [2.75, 3.05) is 60.4 Å². The van der Waals surface area contributed by atoms with Gasteiger partial charge in [-0.25, -0.2) is 4.98 Å². The zero-order valence-corrected chi connectivity index (χ0v) is 19.5. The Morgan fingerprint density at radius 2 is 1.88 bits per heavy atom. The number of anilines is 6. The fraction of sp³-hybridized carbons (Fsp3) is 0.308. The number of carbonyl (C=O) groups is 1. The Morgan fingerprint density at radius 1 is 1.03 bits per heavy atom. The molecule has 3 heterocycles. The summed E-state index contributed by atoms with van der Waals surface area (Å²) >= 11 is 0. The molecule has 0 unspecified atom stereocenters. The molecule has 0 spiro atoms. The van der Waals surface area contributed by atoms with E-state index in [0.29, 0.717) is 12.4 Å². The molecule has 5 rings (SSSR count). The number of amides is 1. The fourth-order valence-corrected chi connectivity index (χ4v) is 4.54. The first kappa shape index (κ1) is 22.0. The van der Waals surface area contributed by atoms with Gasteiger partial charge in [0, 0.05) is 56.3 Å². The first-order valence-electron chi connectivity index (χ1n) is 11.5. The van der Waals surface area contributed by atoms with Gasteiger partial charge in [0.25, 0.3) is 0 Å². The molecule has 8 heteroatoms. The van der Waals surface area contributed by atoms with Crippen LogP contribution in [-0.4, -0.2) is 50.8 Å². The van der Waals surface area contributed by atoms with Gasteiger partial charge in [0.05, 0.1) is 37.4 Å². The minimum atomic E-state index is 0.0534. The van der Waals surface area contributed by atoms with E-state index in [1.165, 1.54) is 5.56 Å². The second-order valence-electron chi connectivity index (χ2n) is 8.40. The molecule has 0 atom stereocenters. The maximum absolute atomic E-state index is 12.1. The minimum absolute atomic E-state index is 0.0534. The number of ether oxygens (including phenoxy) is 2. The van der Waals surface area contributed by atoms with Crippen LogP contribution in [0.25, 0.3) is 0 Å². The highest BCUT2D eigenvalue weighted by molar-refractivity contribution is 5.98. The SMILES string of the molecule is COc1cc(N2CCOCC2)ccc1Nc1cc(Nc2cccc3c2N(C(C)=O)CC3)ccn1. The van der Waals surface area contributed by atoms with Crippen molar-refractivity contribution in [3.8, 4) is 5.75 Å². The third-order valence-corrected chi connectivity index (χ3v) is 6.24. The van der Waals surface area contributed by atoms with Crippen LogP contribution in [0.1, 0.15) is 12.5 Å². The quantitative estimate of drug-likeness (QED) is 0.568. The first-order chi connectivity index (χ1) is 16.6. The molecule has 2 aromatic carbocycles. The molecule has 0 saturated carbocycles. The summed E-state index contributed by atoms with van der Waals surface area (Å²) in [5.41, 5.74) is 5.88. The monoisotopic (exact) mass is 459 g/mol. The normalized spacial score (nSPS) is 15.1. The third-order valence-electron chi connectivity index (χ3n) is 6.24. The van der Waals surface area contributed by atoms with E-state index in [4.69, 9.17) is 9.47 Å². The average molecular weight is 460 g/mol. The number of benzene rings is 2. The van der Waals surface area contributed by atoms with Crippen molar-refractivity contribution in [2.45, 2.75) is 13.3 Å². The number of rotatable bonds is 6. The van der Waals surface area contributed by atoms with Crippen LogP contribution in [0.5, 0.6) is 5.75 Å². The van der Waals surface area contributed by atoms with Gasteiger partial charge >= 0.3 is 0 Å². The zero-order valence-electron chi connectivity index (χ0n) is 19.5. The van der Waals surface area contributed by atoms with Crippen molar-refractivity contribution in [1.82, 2.24) is 4.98 Å².